The number of carbonyl (C=O) groups excluding carboxylic acids is 1. The van der Waals surface area contributed by atoms with E-state index in [9.17, 15) is 4.79 Å². The number of aromatic amines is 1. The minimum Gasteiger partial charge on any atom is -0.444 e. The van der Waals surface area contributed by atoms with Crippen molar-refractivity contribution < 1.29 is 9.53 Å². The van der Waals surface area contributed by atoms with Crippen LogP contribution < -0.4 is 11.1 Å². The summed E-state index contributed by atoms with van der Waals surface area (Å²) in [5.41, 5.74) is 8.95. The van der Waals surface area contributed by atoms with Gasteiger partial charge in [0, 0.05) is 30.7 Å². The third-order valence-electron chi connectivity index (χ3n) is 4.24. The summed E-state index contributed by atoms with van der Waals surface area (Å²) in [6, 6.07) is 5.70. The Hall–Kier alpha value is -2.87. The molecule has 0 saturated heterocycles. The number of alkyl carbamates (subject to hydrolysis) is 1. The van der Waals surface area contributed by atoms with Crippen molar-refractivity contribution in [2.75, 3.05) is 6.54 Å². The molecular formula is C19H26N6O2. The van der Waals surface area contributed by atoms with Crippen molar-refractivity contribution in [1.29, 1.82) is 0 Å². The maximum absolute atomic E-state index is 11.8. The smallest absolute Gasteiger partial charge is 0.407 e. The van der Waals surface area contributed by atoms with Crippen molar-refractivity contribution in [3.05, 3.63) is 47.7 Å². The van der Waals surface area contributed by atoms with Gasteiger partial charge in [-0.1, -0.05) is 6.07 Å². The lowest BCUT2D eigenvalue weighted by Gasteiger charge is -2.19. The van der Waals surface area contributed by atoms with Gasteiger partial charge in [-0.15, -0.1) is 0 Å². The molecule has 0 aliphatic heterocycles. The molecule has 0 spiro atoms. The minimum absolute atomic E-state index is 0.357. The lowest BCUT2D eigenvalue weighted by Crippen LogP contribution is -2.33. The topological polar surface area (TPSA) is 111 Å². The molecule has 3 aromatic rings. The molecule has 8 heteroatoms. The molecule has 0 saturated carbocycles. The Balaban J connectivity index is 1.72. The highest BCUT2D eigenvalue weighted by molar-refractivity contribution is 5.84. The number of aryl methyl sites for hydroxylation is 1. The van der Waals surface area contributed by atoms with Crippen molar-refractivity contribution in [3.63, 3.8) is 0 Å². The standard InChI is InChI=1S/C19H26N6O2/c1-19(2,3)27-18(26)21-8-7-13-10-22-15-6-5-12(9-14(13)15)16(20)17-23-11-24-25(17)4/h5-6,9-11,16,22H,7-8,20H2,1-4H3,(H,21,26). The van der Waals surface area contributed by atoms with Crippen LogP contribution in [0.2, 0.25) is 0 Å². The molecule has 144 valence electrons. The van der Waals surface area contributed by atoms with Gasteiger partial charge >= 0.3 is 6.09 Å². The maximum atomic E-state index is 11.8. The molecule has 1 aromatic carbocycles. The first kappa shape index (κ1) is 18.9. The Labute approximate surface area is 158 Å². The maximum Gasteiger partial charge on any atom is 0.407 e. The van der Waals surface area contributed by atoms with E-state index in [-0.39, 0.29) is 6.04 Å². The van der Waals surface area contributed by atoms with Gasteiger partial charge in [0.25, 0.3) is 0 Å². The van der Waals surface area contributed by atoms with E-state index in [1.54, 1.807) is 4.68 Å². The van der Waals surface area contributed by atoms with Crippen LogP contribution in [0, 0.1) is 0 Å². The van der Waals surface area contributed by atoms with Gasteiger partial charge in [-0.05, 0) is 50.5 Å². The fourth-order valence-corrected chi connectivity index (χ4v) is 2.95. The Bertz CT molecular complexity index is 937. The molecule has 0 bridgehead atoms. The summed E-state index contributed by atoms with van der Waals surface area (Å²) in [5.74, 6) is 0.707. The minimum atomic E-state index is -0.504. The summed E-state index contributed by atoms with van der Waals surface area (Å²) < 4.78 is 6.94. The third-order valence-corrected chi connectivity index (χ3v) is 4.24. The molecule has 27 heavy (non-hydrogen) atoms. The van der Waals surface area contributed by atoms with Crippen LogP contribution >= 0.6 is 0 Å². The number of nitrogens with one attached hydrogen (secondary N) is 2. The van der Waals surface area contributed by atoms with Gasteiger partial charge in [0.15, 0.2) is 0 Å². The highest BCUT2D eigenvalue weighted by Crippen LogP contribution is 2.25. The van der Waals surface area contributed by atoms with E-state index in [1.165, 1.54) is 6.33 Å². The quantitative estimate of drug-likeness (QED) is 0.639. The molecule has 1 unspecified atom stereocenters. The van der Waals surface area contributed by atoms with E-state index in [4.69, 9.17) is 10.5 Å². The van der Waals surface area contributed by atoms with Crippen molar-refractivity contribution >= 4 is 17.0 Å². The summed E-state index contributed by atoms with van der Waals surface area (Å²) >= 11 is 0. The van der Waals surface area contributed by atoms with Crippen LogP contribution in [0.5, 0.6) is 0 Å². The molecular weight excluding hydrogens is 344 g/mol. The number of benzene rings is 1. The second kappa shape index (κ2) is 7.40. The highest BCUT2D eigenvalue weighted by atomic mass is 16.6. The van der Waals surface area contributed by atoms with Gasteiger partial charge in [-0.3, -0.25) is 4.68 Å². The van der Waals surface area contributed by atoms with E-state index in [2.05, 4.69) is 26.4 Å². The first-order valence-electron chi connectivity index (χ1n) is 8.91. The lowest BCUT2D eigenvalue weighted by molar-refractivity contribution is 0.0528. The zero-order chi connectivity index (χ0) is 19.6. The first-order chi connectivity index (χ1) is 12.7. The summed E-state index contributed by atoms with van der Waals surface area (Å²) in [4.78, 5) is 19.3. The molecule has 1 amide bonds. The van der Waals surface area contributed by atoms with Crippen LogP contribution in [-0.4, -0.2) is 38.0 Å². The largest absolute Gasteiger partial charge is 0.444 e. The van der Waals surface area contributed by atoms with Crippen LogP contribution in [0.1, 0.15) is 43.8 Å². The number of H-pyrrole nitrogens is 1. The number of nitrogens with two attached hydrogens (primary N) is 1. The monoisotopic (exact) mass is 370 g/mol. The molecule has 0 fully saturated rings. The summed E-state index contributed by atoms with van der Waals surface area (Å²) in [7, 11) is 1.82. The normalized spacial score (nSPS) is 12.9. The Kier molecular flexibility index (Phi) is 5.18. The molecule has 1 atom stereocenters. The lowest BCUT2D eigenvalue weighted by atomic mass is 10.0. The zero-order valence-corrected chi connectivity index (χ0v) is 16.1. The van der Waals surface area contributed by atoms with Crippen LogP contribution in [0.15, 0.2) is 30.7 Å². The Morgan fingerprint density at radius 2 is 2.19 bits per heavy atom. The van der Waals surface area contributed by atoms with E-state index < -0.39 is 11.7 Å². The van der Waals surface area contributed by atoms with Gasteiger partial charge in [-0.2, -0.15) is 5.10 Å². The number of aromatic nitrogens is 4. The number of amides is 1. The molecule has 0 radical (unpaired) electrons. The molecule has 0 aliphatic carbocycles. The molecule has 0 aliphatic rings. The van der Waals surface area contributed by atoms with Crippen molar-refractivity contribution in [3.8, 4) is 0 Å². The average molecular weight is 370 g/mol. The van der Waals surface area contributed by atoms with Gasteiger partial charge in [0.1, 0.15) is 17.8 Å². The summed E-state index contributed by atoms with van der Waals surface area (Å²) in [6.07, 6.45) is 3.73. The van der Waals surface area contributed by atoms with Crippen LogP contribution in [-0.2, 0) is 18.2 Å². The summed E-state index contributed by atoms with van der Waals surface area (Å²) in [6.45, 7) is 6.01. The third kappa shape index (κ3) is 4.46. The number of fused-ring (bicyclic) bond motifs is 1. The fraction of sp³-hybridized carbons (Fsp3) is 0.421. The van der Waals surface area contributed by atoms with E-state index in [1.807, 2.05) is 46.1 Å². The SMILES string of the molecule is Cn1ncnc1C(N)c1ccc2[nH]cc(CCNC(=O)OC(C)(C)C)c2c1. The van der Waals surface area contributed by atoms with Gasteiger partial charge in [-0.25, -0.2) is 9.78 Å². The number of nitrogens with zero attached hydrogens (tertiary/aromatic N) is 3. The van der Waals surface area contributed by atoms with Gasteiger partial charge in [0.2, 0.25) is 0 Å². The second-order valence-corrected chi connectivity index (χ2v) is 7.52. The van der Waals surface area contributed by atoms with Crippen LogP contribution in [0.3, 0.4) is 0 Å². The van der Waals surface area contributed by atoms with Gasteiger partial charge in [0.05, 0.1) is 6.04 Å². The number of hydrogen-bond donors (Lipinski definition) is 3. The number of carbonyl (C=O) groups is 1. The average Bonchev–Trinajstić information content (AvgIpc) is 3.18. The molecule has 8 nitrogen and oxygen atoms in total. The molecule has 3 rings (SSSR count). The van der Waals surface area contributed by atoms with E-state index >= 15 is 0 Å². The second-order valence-electron chi connectivity index (χ2n) is 7.52. The number of ether oxygens (including phenoxy) is 1. The Morgan fingerprint density at radius 1 is 1.41 bits per heavy atom. The molecule has 2 aromatic heterocycles. The molecule has 4 N–H and O–H groups in total. The summed E-state index contributed by atoms with van der Waals surface area (Å²) in [5, 5.41) is 7.95. The predicted octanol–water partition coefficient (Wildman–Crippen LogP) is 2.41. The van der Waals surface area contributed by atoms with Crippen LogP contribution in [0.4, 0.5) is 4.79 Å². The number of rotatable bonds is 5. The van der Waals surface area contributed by atoms with Crippen molar-refractivity contribution in [1.82, 2.24) is 25.1 Å². The molecule has 2 heterocycles. The predicted molar refractivity (Wildman–Crippen MR) is 103 cm³/mol. The highest BCUT2D eigenvalue weighted by Gasteiger charge is 2.17. The van der Waals surface area contributed by atoms with Crippen molar-refractivity contribution in [2.45, 2.75) is 38.8 Å². The van der Waals surface area contributed by atoms with E-state index in [0.29, 0.717) is 18.8 Å². The zero-order valence-electron chi connectivity index (χ0n) is 16.1. The Morgan fingerprint density at radius 3 is 2.85 bits per heavy atom. The van der Waals surface area contributed by atoms with Crippen LogP contribution in [0.25, 0.3) is 10.9 Å². The number of hydrogen-bond acceptors (Lipinski definition) is 5. The fourth-order valence-electron chi connectivity index (χ4n) is 2.95. The van der Waals surface area contributed by atoms with Gasteiger partial charge < -0.3 is 20.8 Å². The van der Waals surface area contributed by atoms with E-state index in [0.717, 1.165) is 22.0 Å². The first-order valence-corrected chi connectivity index (χ1v) is 8.91. The van der Waals surface area contributed by atoms with Crippen molar-refractivity contribution in [2.24, 2.45) is 12.8 Å².